The van der Waals surface area contributed by atoms with Crippen LogP contribution < -0.4 is 0 Å². The van der Waals surface area contributed by atoms with Crippen LogP contribution in [0.3, 0.4) is 0 Å². The molecule has 0 bridgehead atoms. The Morgan fingerprint density at radius 2 is 1.86 bits per heavy atom. The van der Waals surface area contributed by atoms with E-state index in [4.69, 9.17) is 20.6 Å². The van der Waals surface area contributed by atoms with Gasteiger partial charge in [0, 0.05) is 10.4 Å². The minimum absolute atomic E-state index is 0.180. The highest BCUT2D eigenvalue weighted by atomic mass is 79.9. The number of rotatable bonds is 6. The van der Waals surface area contributed by atoms with Gasteiger partial charge in [-0.15, -0.1) is 0 Å². The molecule has 1 aromatic carbocycles. The maximum absolute atomic E-state index is 12.7. The second-order valence-corrected chi connectivity index (χ2v) is 8.05. The first-order valence-electron chi connectivity index (χ1n) is 7.02. The average Bonchev–Trinajstić information content (AvgIpc) is 2.42. The minimum Gasteiger partial charge on any atom is -0.309 e. The van der Waals surface area contributed by atoms with Gasteiger partial charge in [0.15, 0.2) is 0 Å². The van der Waals surface area contributed by atoms with E-state index in [1.54, 1.807) is 13.8 Å². The number of halogens is 2. The molecule has 0 spiro atoms. The van der Waals surface area contributed by atoms with Crippen LogP contribution in [0.5, 0.6) is 0 Å². The standard InChI is InChI=1S/C15H18BrClNO3P/c1-4-20-22(19,21-5-2)9-12-7-11-6-10(3)13(17)8-14(11)18-15(12)16/h6-8H,4-5,9H2,1-3H3. The first-order valence-corrected chi connectivity index (χ1v) is 9.92. The molecule has 0 aliphatic rings. The quantitative estimate of drug-likeness (QED) is 0.454. The summed E-state index contributed by atoms with van der Waals surface area (Å²) in [6.45, 7) is 6.21. The molecule has 0 unspecified atom stereocenters. The molecule has 2 aromatic rings. The first-order chi connectivity index (χ1) is 10.4. The Bertz CT molecular complexity index is 728. The number of hydrogen-bond acceptors (Lipinski definition) is 4. The Labute approximate surface area is 143 Å². The summed E-state index contributed by atoms with van der Waals surface area (Å²) in [5, 5.41) is 1.62. The van der Waals surface area contributed by atoms with Crippen molar-refractivity contribution in [3.05, 3.63) is 39.0 Å². The number of pyridine rings is 1. The zero-order chi connectivity index (χ0) is 16.3. The van der Waals surface area contributed by atoms with Crippen molar-refractivity contribution < 1.29 is 13.6 Å². The number of benzene rings is 1. The summed E-state index contributed by atoms with van der Waals surface area (Å²) in [5.74, 6) is 0. The van der Waals surface area contributed by atoms with Crippen LogP contribution in [-0.4, -0.2) is 18.2 Å². The van der Waals surface area contributed by atoms with Crippen LogP contribution in [0, 0.1) is 6.92 Å². The summed E-state index contributed by atoms with van der Waals surface area (Å²) < 4.78 is 24.0. The zero-order valence-electron chi connectivity index (χ0n) is 12.7. The van der Waals surface area contributed by atoms with Gasteiger partial charge in [0.25, 0.3) is 0 Å². The lowest BCUT2D eigenvalue weighted by Crippen LogP contribution is -2.00. The maximum atomic E-state index is 12.7. The summed E-state index contributed by atoms with van der Waals surface area (Å²) in [7, 11) is -3.16. The van der Waals surface area contributed by atoms with Crippen molar-refractivity contribution in [2.24, 2.45) is 0 Å². The Kier molecular flexibility index (Phi) is 6.03. The summed E-state index contributed by atoms with van der Waals surface area (Å²) in [6, 6.07) is 5.73. The van der Waals surface area contributed by atoms with Crippen LogP contribution in [0.2, 0.25) is 5.02 Å². The molecule has 0 aliphatic heterocycles. The molecule has 1 aromatic heterocycles. The van der Waals surface area contributed by atoms with Crippen molar-refractivity contribution in [3.63, 3.8) is 0 Å². The second kappa shape index (κ2) is 7.41. The number of nitrogens with zero attached hydrogens (tertiary/aromatic N) is 1. The predicted octanol–water partition coefficient (Wildman–Crippen LogP) is 5.73. The molecule has 22 heavy (non-hydrogen) atoms. The van der Waals surface area contributed by atoms with E-state index in [0.29, 0.717) is 22.8 Å². The fourth-order valence-electron chi connectivity index (χ4n) is 2.17. The summed E-state index contributed by atoms with van der Waals surface area (Å²) >= 11 is 9.56. The molecule has 0 fully saturated rings. The van der Waals surface area contributed by atoms with Crippen molar-refractivity contribution in [1.29, 1.82) is 0 Å². The summed E-state index contributed by atoms with van der Waals surface area (Å²) in [5.41, 5.74) is 2.55. The molecule has 120 valence electrons. The number of aromatic nitrogens is 1. The number of fused-ring (bicyclic) bond motifs is 1. The van der Waals surface area contributed by atoms with Gasteiger partial charge in [0.1, 0.15) is 4.60 Å². The molecular weight excluding hydrogens is 389 g/mol. The van der Waals surface area contributed by atoms with Gasteiger partial charge in [-0.25, -0.2) is 4.98 Å². The van der Waals surface area contributed by atoms with Gasteiger partial charge in [-0.3, -0.25) is 4.57 Å². The van der Waals surface area contributed by atoms with Crippen LogP contribution >= 0.6 is 35.1 Å². The van der Waals surface area contributed by atoms with Gasteiger partial charge in [0.05, 0.1) is 24.9 Å². The molecule has 0 amide bonds. The molecule has 0 N–H and O–H groups in total. The van der Waals surface area contributed by atoms with Crippen molar-refractivity contribution in [3.8, 4) is 0 Å². The van der Waals surface area contributed by atoms with Crippen LogP contribution in [0.25, 0.3) is 10.9 Å². The Balaban J connectivity index is 2.44. The van der Waals surface area contributed by atoms with E-state index in [0.717, 1.165) is 22.0 Å². The number of aryl methyl sites for hydroxylation is 1. The minimum atomic E-state index is -3.16. The summed E-state index contributed by atoms with van der Waals surface area (Å²) in [4.78, 5) is 4.48. The average molecular weight is 407 g/mol. The lowest BCUT2D eigenvalue weighted by Gasteiger charge is -2.17. The van der Waals surface area contributed by atoms with Crippen molar-refractivity contribution >= 4 is 46.0 Å². The van der Waals surface area contributed by atoms with E-state index < -0.39 is 7.60 Å². The Hall–Kier alpha value is -0.450. The zero-order valence-corrected chi connectivity index (χ0v) is 16.0. The third-order valence-corrected chi connectivity index (χ3v) is 6.26. The fourth-order valence-corrected chi connectivity index (χ4v) is 4.69. The molecule has 4 nitrogen and oxygen atoms in total. The van der Waals surface area contributed by atoms with Crippen molar-refractivity contribution in [2.45, 2.75) is 26.9 Å². The highest BCUT2D eigenvalue weighted by Crippen LogP contribution is 2.52. The topological polar surface area (TPSA) is 48.4 Å². The van der Waals surface area contributed by atoms with Crippen LogP contribution in [0.1, 0.15) is 25.0 Å². The van der Waals surface area contributed by atoms with Gasteiger partial charge in [0.2, 0.25) is 0 Å². The smallest absolute Gasteiger partial charge is 0.309 e. The van der Waals surface area contributed by atoms with Crippen molar-refractivity contribution in [2.75, 3.05) is 13.2 Å². The first kappa shape index (κ1) is 17.9. The molecular formula is C15H18BrClNO3P. The third kappa shape index (κ3) is 4.09. The molecule has 0 radical (unpaired) electrons. The lowest BCUT2D eigenvalue weighted by atomic mass is 10.1. The normalized spacial score (nSPS) is 12.0. The predicted molar refractivity (Wildman–Crippen MR) is 93.8 cm³/mol. The van der Waals surface area contributed by atoms with Crippen molar-refractivity contribution in [1.82, 2.24) is 4.98 Å². The molecule has 0 aliphatic carbocycles. The third-order valence-electron chi connectivity index (χ3n) is 3.14. The highest BCUT2D eigenvalue weighted by molar-refractivity contribution is 9.10. The Morgan fingerprint density at radius 3 is 2.45 bits per heavy atom. The van der Waals surface area contributed by atoms with Crippen LogP contribution in [-0.2, 0) is 19.8 Å². The molecule has 1 heterocycles. The number of hydrogen-bond donors (Lipinski definition) is 0. The van der Waals surface area contributed by atoms with E-state index in [9.17, 15) is 4.57 Å². The van der Waals surface area contributed by atoms with E-state index in [2.05, 4.69) is 20.9 Å². The fraction of sp³-hybridized carbons (Fsp3) is 0.400. The van der Waals surface area contributed by atoms with Crippen LogP contribution in [0.15, 0.2) is 22.8 Å². The van der Waals surface area contributed by atoms with Gasteiger partial charge in [-0.1, -0.05) is 11.6 Å². The SMILES string of the molecule is CCOP(=O)(Cc1cc2cc(C)c(Cl)cc2nc1Br)OCC. The lowest BCUT2D eigenvalue weighted by molar-refractivity contribution is 0.219. The second-order valence-electron chi connectivity index (χ2n) is 4.84. The van der Waals surface area contributed by atoms with Gasteiger partial charge >= 0.3 is 7.60 Å². The van der Waals surface area contributed by atoms with E-state index in [1.165, 1.54) is 0 Å². The van der Waals surface area contributed by atoms with E-state index >= 15 is 0 Å². The van der Waals surface area contributed by atoms with E-state index in [-0.39, 0.29) is 6.16 Å². The molecule has 0 atom stereocenters. The van der Waals surface area contributed by atoms with Gasteiger partial charge in [-0.2, -0.15) is 0 Å². The monoisotopic (exact) mass is 405 g/mol. The van der Waals surface area contributed by atoms with Gasteiger partial charge < -0.3 is 9.05 Å². The van der Waals surface area contributed by atoms with Gasteiger partial charge in [-0.05, 0) is 66.0 Å². The van der Waals surface area contributed by atoms with E-state index in [1.807, 2.05) is 25.1 Å². The maximum Gasteiger partial charge on any atom is 0.335 e. The molecule has 7 heteroatoms. The Morgan fingerprint density at radius 1 is 1.23 bits per heavy atom. The molecule has 2 rings (SSSR count). The molecule has 0 saturated carbocycles. The summed E-state index contributed by atoms with van der Waals surface area (Å²) in [6.07, 6.45) is 0.180. The highest BCUT2D eigenvalue weighted by Gasteiger charge is 2.25. The van der Waals surface area contributed by atoms with Crippen LogP contribution in [0.4, 0.5) is 0 Å². The molecule has 0 saturated heterocycles. The largest absolute Gasteiger partial charge is 0.335 e.